The smallest absolute Gasteiger partial charge is 0.359 e. The third kappa shape index (κ3) is 4.70. The summed E-state index contributed by atoms with van der Waals surface area (Å²) in [5.41, 5.74) is 0.0460. The van der Waals surface area contributed by atoms with Crippen LogP contribution in [0.1, 0.15) is 33.3 Å². The number of hydrogen-bond acceptors (Lipinski definition) is 8. The molecule has 2 aromatic carbocycles. The van der Waals surface area contributed by atoms with Crippen molar-refractivity contribution in [1.29, 1.82) is 0 Å². The molecule has 0 aliphatic rings. The molecule has 10 nitrogen and oxygen atoms in total. The summed E-state index contributed by atoms with van der Waals surface area (Å²) in [6.07, 6.45) is 0. The van der Waals surface area contributed by atoms with Gasteiger partial charge in [0.1, 0.15) is 5.00 Å². The number of ether oxygens (including phenoxy) is 1. The minimum absolute atomic E-state index is 0.0526. The molecule has 35 heavy (non-hydrogen) atoms. The molecule has 178 valence electrons. The summed E-state index contributed by atoms with van der Waals surface area (Å²) in [5, 5.41) is 20.2. The van der Waals surface area contributed by atoms with Crippen molar-refractivity contribution in [3.8, 4) is 5.69 Å². The Labute approximate surface area is 210 Å². The van der Waals surface area contributed by atoms with E-state index in [4.69, 9.17) is 4.74 Å². The van der Waals surface area contributed by atoms with E-state index in [1.54, 1.807) is 38.1 Å². The number of amides is 1. The third-order valence-electron chi connectivity index (χ3n) is 5.09. The Balaban J connectivity index is 1.85. The number of nitro groups is 1. The normalized spacial score (nSPS) is 10.8. The summed E-state index contributed by atoms with van der Waals surface area (Å²) in [7, 11) is 0. The lowest BCUT2D eigenvalue weighted by atomic mass is 10.1. The molecule has 2 heterocycles. The maximum atomic E-state index is 13.4. The van der Waals surface area contributed by atoms with E-state index in [1.807, 2.05) is 0 Å². The monoisotopic (exact) mass is 556 g/mol. The van der Waals surface area contributed by atoms with Crippen LogP contribution in [-0.4, -0.2) is 33.2 Å². The lowest BCUT2D eigenvalue weighted by Crippen LogP contribution is -2.25. The Bertz CT molecular complexity index is 1540. The van der Waals surface area contributed by atoms with Crippen LogP contribution in [0, 0.1) is 17.0 Å². The van der Waals surface area contributed by atoms with Crippen molar-refractivity contribution in [2.45, 2.75) is 13.8 Å². The van der Waals surface area contributed by atoms with Gasteiger partial charge in [-0.25, -0.2) is 4.79 Å². The zero-order valence-corrected chi connectivity index (χ0v) is 20.8. The highest BCUT2D eigenvalue weighted by Crippen LogP contribution is 2.31. The first-order valence-corrected chi connectivity index (χ1v) is 11.9. The maximum absolute atomic E-state index is 13.4. The van der Waals surface area contributed by atoms with Crippen molar-refractivity contribution < 1.29 is 19.2 Å². The van der Waals surface area contributed by atoms with Crippen molar-refractivity contribution in [2.24, 2.45) is 0 Å². The molecule has 0 saturated carbocycles. The first-order valence-electron chi connectivity index (χ1n) is 10.2. The van der Waals surface area contributed by atoms with Crippen molar-refractivity contribution in [3.63, 3.8) is 0 Å². The van der Waals surface area contributed by atoms with Crippen molar-refractivity contribution in [1.82, 2.24) is 9.78 Å². The predicted octanol–water partition coefficient (Wildman–Crippen LogP) is 4.86. The van der Waals surface area contributed by atoms with Crippen LogP contribution in [0.4, 0.5) is 10.7 Å². The average molecular weight is 557 g/mol. The topological polar surface area (TPSA) is 133 Å². The van der Waals surface area contributed by atoms with Gasteiger partial charge in [-0.05, 0) is 44.2 Å². The van der Waals surface area contributed by atoms with Gasteiger partial charge in [-0.1, -0.05) is 22.0 Å². The summed E-state index contributed by atoms with van der Waals surface area (Å²) in [4.78, 5) is 49.7. The van der Waals surface area contributed by atoms with E-state index in [-0.39, 0.29) is 39.3 Å². The molecule has 12 heteroatoms. The van der Waals surface area contributed by atoms with E-state index in [2.05, 4.69) is 26.3 Å². The number of fused-ring (bicyclic) bond motifs is 1. The molecule has 0 spiro atoms. The highest BCUT2D eigenvalue weighted by molar-refractivity contribution is 9.10. The highest BCUT2D eigenvalue weighted by Gasteiger charge is 2.24. The van der Waals surface area contributed by atoms with Gasteiger partial charge in [0.2, 0.25) is 0 Å². The van der Waals surface area contributed by atoms with Gasteiger partial charge in [0.15, 0.2) is 5.69 Å². The number of nitrogens with one attached hydrogen (secondary N) is 1. The molecule has 1 N–H and O–H groups in total. The molecule has 4 aromatic rings. The number of aromatic nitrogens is 2. The highest BCUT2D eigenvalue weighted by atomic mass is 79.9. The van der Waals surface area contributed by atoms with Crippen LogP contribution in [-0.2, 0) is 4.74 Å². The first kappa shape index (κ1) is 24.2. The van der Waals surface area contributed by atoms with Crippen molar-refractivity contribution in [2.75, 3.05) is 11.9 Å². The molecular weight excluding hydrogens is 540 g/mol. The molecule has 0 aliphatic heterocycles. The number of anilines is 1. The number of nitro benzene ring substituents is 1. The molecule has 1 amide bonds. The van der Waals surface area contributed by atoms with E-state index < -0.39 is 22.4 Å². The van der Waals surface area contributed by atoms with Gasteiger partial charge < -0.3 is 10.1 Å². The van der Waals surface area contributed by atoms with Crippen molar-refractivity contribution >= 4 is 60.6 Å². The number of carbonyl (C=O) groups is 2. The molecular formula is C23H17BrN4O6S. The molecule has 0 bridgehead atoms. The largest absolute Gasteiger partial charge is 0.461 e. The van der Waals surface area contributed by atoms with Gasteiger partial charge >= 0.3 is 5.97 Å². The quantitative estimate of drug-likeness (QED) is 0.203. The van der Waals surface area contributed by atoms with Crippen molar-refractivity contribution in [3.05, 3.63) is 89.6 Å². The minimum atomic E-state index is -0.715. The van der Waals surface area contributed by atoms with Gasteiger partial charge in [0, 0.05) is 32.4 Å². The molecule has 0 saturated heterocycles. The number of rotatable bonds is 6. The van der Waals surface area contributed by atoms with Gasteiger partial charge in [0.05, 0.1) is 22.6 Å². The Morgan fingerprint density at radius 2 is 1.94 bits per heavy atom. The third-order valence-corrected chi connectivity index (χ3v) is 6.51. The zero-order chi connectivity index (χ0) is 25.3. The number of thiophene rings is 1. The van der Waals surface area contributed by atoms with E-state index in [1.165, 1.54) is 23.6 Å². The predicted molar refractivity (Wildman–Crippen MR) is 135 cm³/mol. The molecule has 0 atom stereocenters. The number of hydrogen-bond donors (Lipinski definition) is 1. The fourth-order valence-corrected chi connectivity index (χ4v) is 4.57. The minimum Gasteiger partial charge on any atom is -0.461 e. The maximum Gasteiger partial charge on any atom is 0.359 e. The summed E-state index contributed by atoms with van der Waals surface area (Å²) >= 11 is 4.37. The number of halogens is 1. The van der Waals surface area contributed by atoms with E-state index >= 15 is 0 Å². The number of carbonyl (C=O) groups excluding carboxylic acids is 2. The van der Waals surface area contributed by atoms with Crippen LogP contribution in [0.5, 0.6) is 0 Å². The average Bonchev–Trinajstić information content (AvgIpc) is 3.24. The zero-order valence-electron chi connectivity index (χ0n) is 18.4. The van der Waals surface area contributed by atoms with Gasteiger partial charge in [-0.2, -0.15) is 9.78 Å². The second-order valence-electron chi connectivity index (χ2n) is 7.33. The van der Waals surface area contributed by atoms with Gasteiger partial charge in [-0.15, -0.1) is 11.3 Å². The number of nitrogens with zero attached hydrogens (tertiary/aromatic N) is 3. The second kappa shape index (κ2) is 9.76. The van der Waals surface area contributed by atoms with Crippen LogP contribution in [0.2, 0.25) is 0 Å². The molecule has 4 rings (SSSR count). The molecule has 0 fully saturated rings. The lowest BCUT2D eigenvalue weighted by molar-refractivity contribution is -0.385. The molecule has 2 aromatic heterocycles. The Hall–Kier alpha value is -3.90. The van der Waals surface area contributed by atoms with Crippen LogP contribution in [0.25, 0.3) is 16.5 Å². The van der Waals surface area contributed by atoms with Gasteiger partial charge in [0.25, 0.3) is 17.2 Å². The van der Waals surface area contributed by atoms with Crippen LogP contribution >= 0.6 is 27.3 Å². The number of benzene rings is 2. The fourth-order valence-electron chi connectivity index (χ4n) is 3.37. The van der Waals surface area contributed by atoms with Gasteiger partial charge in [-0.3, -0.25) is 19.7 Å². The summed E-state index contributed by atoms with van der Waals surface area (Å²) in [5.74, 6) is -1.35. The molecule has 0 radical (unpaired) electrons. The second-order valence-corrected chi connectivity index (χ2v) is 9.12. The standard InChI is InChI=1S/C23H17BrN4O6S/c1-3-34-23(31)19-16-11-35-21(25-20(29)13-5-4-12(2)17(10-13)28(32)33)18(16)22(30)27(26-19)15-8-6-14(24)7-9-15/h4-11H,3H2,1-2H3,(H,25,29). The number of esters is 1. The van der Waals surface area contributed by atoms with E-state index in [0.29, 0.717) is 11.3 Å². The summed E-state index contributed by atoms with van der Waals surface area (Å²) in [6.45, 7) is 3.33. The summed E-state index contributed by atoms with van der Waals surface area (Å²) in [6, 6.07) is 10.8. The Morgan fingerprint density at radius 1 is 1.23 bits per heavy atom. The van der Waals surface area contributed by atoms with E-state index in [9.17, 15) is 24.5 Å². The SMILES string of the molecule is CCOC(=O)c1nn(-c2ccc(Br)cc2)c(=O)c2c(NC(=O)c3ccc(C)c([N+](=O)[O-])c3)scc12. The number of aryl methyl sites for hydroxylation is 1. The first-order chi connectivity index (χ1) is 16.7. The fraction of sp³-hybridized carbons (Fsp3) is 0.130. The van der Waals surface area contributed by atoms with Crippen LogP contribution < -0.4 is 10.9 Å². The Kier molecular flexibility index (Phi) is 6.76. The molecule has 0 aliphatic carbocycles. The Morgan fingerprint density at radius 3 is 2.60 bits per heavy atom. The van der Waals surface area contributed by atoms with Crippen LogP contribution in [0.3, 0.4) is 0 Å². The summed E-state index contributed by atoms with van der Waals surface area (Å²) < 4.78 is 6.98. The lowest BCUT2D eigenvalue weighted by Gasteiger charge is -2.10. The van der Waals surface area contributed by atoms with E-state index in [0.717, 1.165) is 20.5 Å². The molecule has 0 unspecified atom stereocenters. The van der Waals surface area contributed by atoms with Crippen LogP contribution in [0.15, 0.2) is 57.1 Å².